The number of nitrogens with one attached hydrogen (secondary N) is 1. The summed E-state index contributed by atoms with van der Waals surface area (Å²) in [6.45, 7) is 8.17. The van der Waals surface area contributed by atoms with E-state index in [2.05, 4.69) is 5.32 Å². The summed E-state index contributed by atoms with van der Waals surface area (Å²) in [7, 11) is 0. The van der Waals surface area contributed by atoms with Crippen molar-refractivity contribution in [3.05, 3.63) is 35.4 Å². The maximum atomic E-state index is 12.7. The molecule has 0 aliphatic carbocycles. The fraction of sp³-hybridized carbons (Fsp3) is 0.526. The van der Waals surface area contributed by atoms with E-state index in [1.807, 2.05) is 27.7 Å². The van der Waals surface area contributed by atoms with Gasteiger partial charge in [-0.25, -0.2) is 0 Å². The molecular formula is C19H26N2O4. The Hall–Kier alpha value is -2.37. The predicted octanol–water partition coefficient (Wildman–Crippen LogP) is 2.40. The first-order valence-corrected chi connectivity index (χ1v) is 8.61. The molecule has 6 heteroatoms. The maximum absolute atomic E-state index is 12.7. The topological polar surface area (TPSA) is 86.7 Å². The lowest BCUT2D eigenvalue weighted by Gasteiger charge is -2.28. The summed E-state index contributed by atoms with van der Waals surface area (Å²) < 4.78 is 0. The van der Waals surface area contributed by atoms with Crippen LogP contribution in [0.1, 0.15) is 54.8 Å². The quantitative estimate of drug-likeness (QED) is 0.857. The molecule has 1 heterocycles. The molecule has 136 valence electrons. The number of nitrogens with zero attached hydrogens (tertiary/aromatic N) is 1. The lowest BCUT2D eigenvalue weighted by atomic mass is 9.76. The number of carbonyl (C=O) groups is 3. The molecule has 1 atom stereocenters. The van der Waals surface area contributed by atoms with Crippen molar-refractivity contribution in [3.8, 4) is 0 Å². The first-order chi connectivity index (χ1) is 11.7. The van der Waals surface area contributed by atoms with Crippen molar-refractivity contribution >= 4 is 17.8 Å². The fourth-order valence-electron chi connectivity index (χ4n) is 3.19. The molecule has 1 aromatic rings. The summed E-state index contributed by atoms with van der Waals surface area (Å²) in [4.78, 5) is 37.9. The van der Waals surface area contributed by atoms with Crippen LogP contribution in [0, 0.1) is 11.3 Å². The summed E-state index contributed by atoms with van der Waals surface area (Å²) in [5.41, 5.74) is 0.0759. The summed E-state index contributed by atoms with van der Waals surface area (Å²) in [6, 6.07) is 6.52. The van der Waals surface area contributed by atoms with Crippen LogP contribution in [-0.4, -0.2) is 46.9 Å². The molecular weight excluding hydrogens is 320 g/mol. The molecule has 2 rings (SSSR count). The molecule has 0 saturated carbocycles. The fourth-order valence-corrected chi connectivity index (χ4v) is 3.19. The van der Waals surface area contributed by atoms with Crippen molar-refractivity contribution in [2.75, 3.05) is 13.1 Å². The van der Waals surface area contributed by atoms with Crippen molar-refractivity contribution in [1.29, 1.82) is 0 Å². The number of benzene rings is 1. The van der Waals surface area contributed by atoms with Gasteiger partial charge >= 0.3 is 5.97 Å². The van der Waals surface area contributed by atoms with Gasteiger partial charge in [0.05, 0.1) is 5.41 Å². The molecule has 0 radical (unpaired) electrons. The second-order valence-corrected chi connectivity index (χ2v) is 7.30. The highest BCUT2D eigenvalue weighted by atomic mass is 16.4. The van der Waals surface area contributed by atoms with Gasteiger partial charge in [-0.05, 0) is 50.5 Å². The van der Waals surface area contributed by atoms with E-state index in [-0.39, 0.29) is 30.3 Å². The second kappa shape index (κ2) is 7.25. The Morgan fingerprint density at radius 2 is 1.64 bits per heavy atom. The van der Waals surface area contributed by atoms with Crippen LogP contribution in [0.25, 0.3) is 0 Å². The molecule has 2 N–H and O–H groups in total. The Labute approximate surface area is 148 Å². The maximum Gasteiger partial charge on any atom is 0.311 e. The third-order valence-corrected chi connectivity index (χ3v) is 4.93. The normalized spacial score (nSPS) is 20.2. The van der Waals surface area contributed by atoms with Crippen LogP contribution in [0.3, 0.4) is 0 Å². The zero-order chi connectivity index (χ0) is 18.8. The van der Waals surface area contributed by atoms with Crippen molar-refractivity contribution in [2.24, 2.45) is 11.3 Å². The molecule has 2 amide bonds. The van der Waals surface area contributed by atoms with Gasteiger partial charge in [0.1, 0.15) is 0 Å². The molecule has 0 aromatic heterocycles. The van der Waals surface area contributed by atoms with E-state index in [1.54, 1.807) is 29.2 Å². The SMILES string of the molecule is CC(C)NC(=O)c1ccc(C(=O)N2CCC(C(=O)O)(C(C)C)C2)cc1. The Morgan fingerprint density at radius 3 is 2.08 bits per heavy atom. The number of amides is 2. The Kier molecular flexibility index (Phi) is 5.50. The predicted molar refractivity (Wildman–Crippen MR) is 94.5 cm³/mol. The van der Waals surface area contributed by atoms with Gasteiger partial charge < -0.3 is 15.3 Å². The third kappa shape index (κ3) is 3.83. The second-order valence-electron chi connectivity index (χ2n) is 7.30. The third-order valence-electron chi connectivity index (χ3n) is 4.93. The monoisotopic (exact) mass is 346 g/mol. The number of carbonyl (C=O) groups excluding carboxylic acids is 2. The van der Waals surface area contributed by atoms with Gasteiger partial charge in [-0.2, -0.15) is 0 Å². The number of hydrogen-bond donors (Lipinski definition) is 2. The van der Waals surface area contributed by atoms with Gasteiger partial charge in [0, 0.05) is 30.3 Å². The van der Waals surface area contributed by atoms with E-state index < -0.39 is 11.4 Å². The minimum absolute atomic E-state index is 0.0404. The van der Waals surface area contributed by atoms with Gasteiger partial charge in [0.2, 0.25) is 0 Å². The largest absolute Gasteiger partial charge is 0.481 e. The van der Waals surface area contributed by atoms with Crippen molar-refractivity contribution in [1.82, 2.24) is 10.2 Å². The Bertz CT molecular complexity index is 667. The molecule has 6 nitrogen and oxygen atoms in total. The first-order valence-electron chi connectivity index (χ1n) is 8.61. The molecule has 25 heavy (non-hydrogen) atoms. The Morgan fingerprint density at radius 1 is 1.08 bits per heavy atom. The summed E-state index contributed by atoms with van der Waals surface area (Å²) >= 11 is 0. The van der Waals surface area contributed by atoms with Gasteiger partial charge in [-0.1, -0.05) is 13.8 Å². The van der Waals surface area contributed by atoms with Crippen LogP contribution >= 0.6 is 0 Å². The van der Waals surface area contributed by atoms with E-state index >= 15 is 0 Å². The minimum atomic E-state index is -0.882. The number of hydrogen-bond acceptors (Lipinski definition) is 3. The molecule has 1 aliphatic heterocycles. The van der Waals surface area contributed by atoms with Crippen LogP contribution in [0.15, 0.2) is 24.3 Å². The molecule has 0 bridgehead atoms. The summed E-state index contributed by atoms with van der Waals surface area (Å²) in [5, 5.41) is 12.4. The van der Waals surface area contributed by atoms with Crippen molar-refractivity contribution < 1.29 is 19.5 Å². The van der Waals surface area contributed by atoms with E-state index in [0.29, 0.717) is 24.1 Å². The van der Waals surface area contributed by atoms with E-state index in [0.717, 1.165) is 0 Å². The minimum Gasteiger partial charge on any atom is -0.481 e. The zero-order valence-corrected chi connectivity index (χ0v) is 15.2. The van der Waals surface area contributed by atoms with Crippen LogP contribution in [-0.2, 0) is 4.79 Å². The Balaban J connectivity index is 2.11. The smallest absolute Gasteiger partial charge is 0.311 e. The summed E-state index contributed by atoms with van der Waals surface area (Å²) in [5.74, 6) is -1.28. The van der Waals surface area contributed by atoms with Crippen LogP contribution < -0.4 is 5.32 Å². The number of carboxylic acids is 1. The number of likely N-dealkylation sites (tertiary alicyclic amines) is 1. The zero-order valence-electron chi connectivity index (χ0n) is 15.2. The molecule has 1 aliphatic rings. The molecule has 1 aromatic carbocycles. The van der Waals surface area contributed by atoms with Crippen LogP contribution in [0.5, 0.6) is 0 Å². The van der Waals surface area contributed by atoms with Gasteiger partial charge in [0.15, 0.2) is 0 Å². The standard InChI is InChI=1S/C19H26N2O4/c1-12(2)19(18(24)25)9-10-21(11-19)17(23)15-7-5-14(6-8-15)16(22)20-13(3)4/h5-8,12-13H,9-11H2,1-4H3,(H,20,22)(H,24,25). The molecule has 1 fully saturated rings. The van der Waals surface area contributed by atoms with Gasteiger partial charge in [-0.3, -0.25) is 14.4 Å². The molecule has 1 saturated heterocycles. The molecule has 1 unspecified atom stereocenters. The van der Waals surface area contributed by atoms with Crippen molar-refractivity contribution in [2.45, 2.75) is 40.2 Å². The highest BCUT2D eigenvalue weighted by Crippen LogP contribution is 2.38. The highest BCUT2D eigenvalue weighted by molar-refractivity contribution is 5.98. The number of rotatable bonds is 5. The first kappa shape index (κ1) is 19.0. The summed E-state index contributed by atoms with van der Waals surface area (Å²) in [6.07, 6.45) is 0.459. The lowest BCUT2D eigenvalue weighted by Crippen LogP contribution is -2.40. The van der Waals surface area contributed by atoms with E-state index in [4.69, 9.17) is 0 Å². The van der Waals surface area contributed by atoms with Crippen molar-refractivity contribution in [3.63, 3.8) is 0 Å². The number of carboxylic acid groups (broad SMARTS) is 1. The lowest BCUT2D eigenvalue weighted by molar-refractivity contribution is -0.150. The van der Waals surface area contributed by atoms with Crippen LogP contribution in [0.2, 0.25) is 0 Å². The van der Waals surface area contributed by atoms with E-state index in [1.165, 1.54) is 0 Å². The average Bonchev–Trinajstić information content (AvgIpc) is 3.00. The average molecular weight is 346 g/mol. The highest BCUT2D eigenvalue weighted by Gasteiger charge is 2.48. The molecule has 0 spiro atoms. The van der Waals surface area contributed by atoms with Crippen LogP contribution in [0.4, 0.5) is 0 Å². The van der Waals surface area contributed by atoms with E-state index in [9.17, 15) is 19.5 Å². The van der Waals surface area contributed by atoms with Gasteiger partial charge in [-0.15, -0.1) is 0 Å². The number of aliphatic carboxylic acids is 1. The van der Waals surface area contributed by atoms with Gasteiger partial charge in [0.25, 0.3) is 11.8 Å².